The summed E-state index contributed by atoms with van der Waals surface area (Å²) in [6, 6.07) is 0. The van der Waals surface area contributed by atoms with Gasteiger partial charge in [0.15, 0.2) is 6.19 Å². The molecule has 0 atom stereocenters. The number of H-pyrrole nitrogens is 1. The van der Waals surface area contributed by atoms with Crippen molar-refractivity contribution >= 4 is 16.9 Å². The number of guanidine groups is 1. The lowest BCUT2D eigenvalue weighted by Gasteiger charge is -2.13. The summed E-state index contributed by atoms with van der Waals surface area (Å²) in [4.78, 5) is 11.3. The van der Waals surface area contributed by atoms with E-state index in [2.05, 4.69) is 31.8 Å². The standard InChI is InChI=1S/C10H17N6S/c1-8-9(16-7-15-8)17(3)5-4-13-10(12-2)14-6-11/h7H,4-5H2,1-3H3,(H,15,16)(H2,12,13,14). The van der Waals surface area contributed by atoms with E-state index in [1.54, 1.807) is 13.4 Å². The van der Waals surface area contributed by atoms with E-state index in [0.717, 1.165) is 23.0 Å². The van der Waals surface area contributed by atoms with Crippen LogP contribution in [0, 0.1) is 18.4 Å². The molecular weight excluding hydrogens is 236 g/mol. The summed E-state index contributed by atoms with van der Waals surface area (Å²) in [5.74, 6) is 1.46. The third-order valence-corrected chi connectivity index (χ3v) is 4.10. The molecule has 0 fully saturated rings. The molecule has 1 aromatic rings. The summed E-state index contributed by atoms with van der Waals surface area (Å²) < 4.78 is 0. The summed E-state index contributed by atoms with van der Waals surface area (Å²) in [6.45, 7) is 2.78. The van der Waals surface area contributed by atoms with Crippen molar-refractivity contribution in [3.63, 3.8) is 0 Å². The van der Waals surface area contributed by atoms with Gasteiger partial charge in [0.1, 0.15) is 5.03 Å². The molecule has 0 bridgehead atoms. The maximum absolute atomic E-state index is 8.47. The Kier molecular flexibility index (Phi) is 5.36. The van der Waals surface area contributed by atoms with Gasteiger partial charge in [-0.15, -0.1) is 0 Å². The minimum Gasteiger partial charge on any atom is -0.355 e. The molecule has 1 radical (unpaired) electrons. The zero-order valence-corrected chi connectivity index (χ0v) is 11.1. The fourth-order valence-corrected chi connectivity index (χ4v) is 2.76. The molecule has 0 saturated heterocycles. The molecule has 1 aromatic heterocycles. The molecule has 0 aliphatic carbocycles. The van der Waals surface area contributed by atoms with Crippen LogP contribution < -0.4 is 10.6 Å². The second-order valence-electron chi connectivity index (χ2n) is 3.41. The first-order chi connectivity index (χ1) is 8.19. The second-order valence-corrected chi connectivity index (χ2v) is 5.48. The first kappa shape index (κ1) is 13.4. The lowest BCUT2D eigenvalue weighted by Crippen LogP contribution is -2.35. The summed E-state index contributed by atoms with van der Waals surface area (Å²) in [7, 11) is 1.73. The quantitative estimate of drug-likeness (QED) is 0.318. The van der Waals surface area contributed by atoms with Gasteiger partial charge in [-0.1, -0.05) is 0 Å². The smallest absolute Gasteiger partial charge is 0.204 e. The molecule has 0 aromatic carbocycles. The maximum atomic E-state index is 8.47. The fraction of sp³-hybridized carbons (Fsp3) is 0.500. The highest BCUT2D eigenvalue weighted by atomic mass is 32.2. The third-order valence-electron chi connectivity index (χ3n) is 2.21. The Morgan fingerprint density at radius 1 is 1.71 bits per heavy atom. The Bertz CT molecular complexity index is 419. The first-order valence-electron chi connectivity index (χ1n) is 5.17. The van der Waals surface area contributed by atoms with E-state index in [4.69, 9.17) is 5.26 Å². The number of aliphatic imine (C=N–C) groups is 1. The second kappa shape index (κ2) is 6.81. The van der Waals surface area contributed by atoms with Gasteiger partial charge in [0.2, 0.25) is 5.96 Å². The number of aryl methyl sites for hydroxylation is 1. The number of nitriles is 1. The lowest BCUT2D eigenvalue weighted by atomic mass is 10.6. The van der Waals surface area contributed by atoms with Crippen LogP contribution in [0.3, 0.4) is 0 Å². The van der Waals surface area contributed by atoms with Crippen LogP contribution in [0.15, 0.2) is 16.3 Å². The van der Waals surface area contributed by atoms with Crippen molar-refractivity contribution in [1.29, 1.82) is 5.26 Å². The van der Waals surface area contributed by atoms with Crippen LogP contribution in [0.2, 0.25) is 0 Å². The molecule has 93 valence electrons. The zero-order valence-electron chi connectivity index (χ0n) is 10.2. The van der Waals surface area contributed by atoms with Gasteiger partial charge in [0.05, 0.1) is 6.33 Å². The summed E-state index contributed by atoms with van der Waals surface area (Å²) in [5.41, 5.74) is 1.12. The van der Waals surface area contributed by atoms with Gasteiger partial charge >= 0.3 is 0 Å². The van der Waals surface area contributed by atoms with E-state index in [9.17, 15) is 0 Å². The molecule has 1 heterocycles. The summed E-state index contributed by atoms with van der Waals surface area (Å²) >= 11 is 0. The molecular formula is C10H17N6S. The zero-order chi connectivity index (χ0) is 12.7. The number of aromatic nitrogens is 2. The van der Waals surface area contributed by atoms with Gasteiger partial charge in [0.25, 0.3) is 0 Å². The number of rotatable bonds is 4. The van der Waals surface area contributed by atoms with Crippen LogP contribution >= 0.6 is 10.9 Å². The van der Waals surface area contributed by atoms with Gasteiger partial charge in [-0.3, -0.25) is 10.3 Å². The lowest BCUT2D eigenvalue weighted by molar-refractivity contribution is 0.927. The van der Waals surface area contributed by atoms with E-state index in [1.165, 1.54) is 0 Å². The Hall–Kier alpha value is -1.68. The average Bonchev–Trinajstić information content (AvgIpc) is 2.74. The number of imidazole rings is 1. The normalized spacial score (nSPS) is 11.4. The Morgan fingerprint density at radius 2 is 2.47 bits per heavy atom. The number of hydrogen-bond donors (Lipinski definition) is 3. The summed E-state index contributed by atoms with van der Waals surface area (Å²) in [6.07, 6.45) is 5.71. The largest absolute Gasteiger partial charge is 0.355 e. The van der Waals surface area contributed by atoms with Crippen molar-refractivity contribution in [2.24, 2.45) is 4.99 Å². The van der Waals surface area contributed by atoms with Gasteiger partial charge in [0, 0.05) is 25.0 Å². The van der Waals surface area contributed by atoms with E-state index in [-0.39, 0.29) is 10.9 Å². The molecule has 3 N–H and O–H groups in total. The Morgan fingerprint density at radius 3 is 3.00 bits per heavy atom. The van der Waals surface area contributed by atoms with Crippen molar-refractivity contribution in [2.45, 2.75) is 11.9 Å². The van der Waals surface area contributed by atoms with Crippen molar-refractivity contribution in [1.82, 2.24) is 20.6 Å². The Labute approximate surface area is 104 Å². The van der Waals surface area contributed by atoms with E-state index in [1.807, 2.05) is 13.1 Å². The van der Waals surface area contributed by atoms with Crippen LogP contribution in [0.5, 0.6) is 0 Å². The SMILES string of the molecule is CN=C(NC#N)NCC[S](C)c1nc[nH]c1C. The van der Waals surface area contributed by atoms with Crippen LogP contribution in [0.4, 0.5) is 0 Å². The number of nitrogens with zero attached hydrogens (tertiary/aromatic N) is 3. The van der Waals surface area contributed by atoms with E-state index in [0.29, 0.717) is 5.96 Å². The van der Waals surface area contributed by atoms with Gasteiger partial charge in [-0.05, 0) is 13.2 Å². The van der Waals surface area contributed by atoms with E-state index >= 15 is 0 Å². The fourth-order valence-electron chi connectivity index (χ4n) is 1.35. The average molecular weight is 253 g/mol. The predicted molar refractivity (Wildman–Crippen MR) is 70.1 cm³/mol. The monoisotopic (exact) mass is 253 g/mol. The van der Waals surface area contributed by atoms with Crippen molar-refractivity contribution in [3.8, 4) is 6.19 Å². The Balaban J connectivity index is 2.37. The predicted octanol–water partition coefficient (Wildman–Crippen LogP) is 0.622. The van der Waals surface area contributed by atoms with Crippen LogP contribution in [0.25, 0.3) is 0 Å². The van der Waals surface area contributed by atoms with Crippen LogP contribution in [-0.4, -0.2) is 41.5 Å². The number of nitrogens with one attached hydrogen (secondary N) is 3. The molecule has 0 unspecified atom stereocenters. The van der Waals surface area contributed by atoms with Crippen molar-refractivity contribution < 1.29 is 0 Å². The molecule has 1 rings (SSSR count). The molecule has 0 amide bonds. The third kappa shape index (κ3) is 4.00. The minimum absolute atomic E-state index is 0.0932. The highest BCUT2D eigenvalue weighted by molar-refractivity contribution is 8.16. The van der Waals surface area contributed by atoms with Crippen molar-refractivity contribution in [3.05, 3.63) is 12.0 Å². The maximum Gasteiger partial charge on any atom is 0.204 e. The number of aromatic amines is 1. The number of hydrogen-bond acceptors (Lipinski definition) is 3. The van der Waals surface area contributed by atoms with E-state index < -0.39 is 0 Å². The van der Waals surface area contributed by atoms with Crippen LogP contribution in [-0.2, 0) is 0 Å². The molecule has 6 nitrogen and oxygen atoms in total. The molecule has 0 saturated carbocycles. The van der Waals surface area contributed by atoms with Gasteiger partial charge in [-0.25, -0.2) is 4.98 Å². The molecule has 17 heavy (non-hydrogen) atoms. The highest BCUT2D eigenvalue weighted by Gasteiger charge is 2.08. The molecule has 7 heteroatoms. The van der Waals surface area contributed by atoms with Gasteiger partial charge < -0.3 is 10.3 Å². The molecule has 0 aliphatic rings. The summed E-state index contributed by atoms with van der Waals surface area (Å²) in [5, 5.41) is 15.1. The van der Waals surface area contributed by atoms with Crippen molar-refractivity contribution in [2.75, 3.05) is 25.6 Å². The minimum atomic E-state index is 0.0932. The topological polar surface area (TPSA) is 88.9 Å². The van der Waals surface area contributed by atoms with Crippen LogP contribution in [0.1, 0.15) is 5.69 Å². The first-order valence-corrected chi connectivity index (χ1v) is 6.97. The highest BCUT2D eigenvalue weighted by Crippen LogP contribution is 2.31. The van der Waals surface area contributed by atoms with Gasteiger partial charge in [-0.2, -0.15) is 16.2 Å². The molecule has 0 spiro atoms. The molecule has 0 aliphatic heterocycles.